The minimum absolute atomic E-state index is 0.262. The summed E-state index contributed by atoms with van der Waals surface area (Å²) in [5, 5.41) is 33.7. The Morgan fingerprint density at radius 1 is 0.964 bits per heavy atom. The number of anilines is 1. The number of allylic oxidation sites excluding steroid dienone is 6. The zero-order chi connectivity index (χ0) is 40.1. The maximum Gasteiger partial charge on any atom is 0.327 e. The van der Waals surface area contributed by atoms with Crippen molar-refractivity contribution < 1.29 is 68.3 Å². The van der Waals surface area contributed by atoms with Crippen molar-refractivity contribution >= 4 is 59.7 Å². The van der Waals surface area contributed by atoms with E-state index in [9.17, 15) is 49.1 Å². The fourth-order valence-electron chi connectivity index (χ4n) is 8.51. The van der Waals surface area contributed by atoms with E-state index in [2.05, 4.69) is 19.3 Å². The van der Waals surface area contributed by atoms with E-state index in [0.29, 0.717) is 83.8 Å². The van der Waals surface area contributed by atoms with E-state index in [1.165, 1.54) is 12.3 Å². The first kappa shape index (κ1) is 41.5. The average molecular weight is 846 g/mol. The molecule has 18 nitrogen and oxygen atoms in total. The van der Waals surface area contributed by atoms with Gasteiger partial charge >= 0.3 is 5.82 Å². The lowest BCUT2D eigenvalue weighted by atomic mass is 9.69. The number of pyridine rings is 2. The van der Waals surface area contributed by atoms with Crippen molar-refractivity contribution in [3.63, 3.8) is 0 Å². The van der Waals surface area contributed by atoms with Gasteiger partial charge in [-0.2, -0.15) is 25.3 Å². The van der Waals surface area contributed by atoms with Gasteiger partial charge in [-0.15, -0.1) is 4.33 Å². The summed E-state index contributed by atoms with van der Waals surface area (Å²) < 4.78 is 107. The lowest BCUT2D eigenvalue weighted by Crippen LogP contribution is -2.44. The van der Waals surface area contributed by atoms with Gasteiger partial charge in [0, 0.05) is 22.9 Å². The molecule has 4 heterocycles. The Labute approximate surface area is 322 Å². The Bertz CT molecular complexity index is 2350. The lowest BCUT2D eigenvalue weighted by Gasteiger charge is -2.38. The Hall–Kier alpha value is -3.13. The topological polar surface area (TPSA) is 274 Å². The van der Waals surface area contributed by atoms with Crippen LogP contribution in [0.1, 0.15) is 63.5 Å². The standard InChI is InChI=1S/C33H40N4O14S4/c1-32-10-4-8-20(28(32)36(16-23(39)19-54(44,45)46)30-27(32)13-25(15-35-30)55(47,48)49)6-3-7-21-9-5-11-33(2)26-12-24(52-51-50-40)14-34-31(26)37(29(21)33)22(17-38)18-53(41,42)43/h3,6-7,12-15,22-23,38-39H,4-5,8-11,16-19H2,1-2H3,(H3-,40,41,42,43,44,45,46,47,48,49)/p+1. The van der Waals surface area contributed by atoms with E-state index >= 15 is 0 Å². The van der Waals surface area contributed by atoms with Gasteiger partial charge in [0.1, 0.15) is 34.8 Å². The van der Waals surface area contributed by atoms with E-state index in [0.717, 1.165) is 17.3 Å². The van der Waals surface area contributed by atoms with E-state index in [-0.39, 0.29) is 12.4 Å². The number of aliphatic hydroxyl groups excluding tert-OH is 2. The first-order valence-corrected chi connectivity index (χ1v) is 22.5. The number of aliphatic hydroxyl groups is 2. The van der Waals surface area contributed by atoms with Crippen molar-refractivity contribution in [2.45, 2.75) is 85.1 Å². The van der Waals surface area contributed by atoms with E-state index in [4.69, 9.17) is 5.26 Å². The molecule has 0 bridgehead atoms. The molecule has 1 saturated carbocycles. The van der Waals surface area contributed by atoms with Crippen LogP contribution in [0.5, 0.6) is 0 Å². The zero-order valence-electron chi connectivity index (χ0n) is 29.6. The highest BCUT2D eigenvalue weighted by Gasteiger charge is 2.52. The van der Waals surface area contributed by atoms with Crippen LogP contribution in [0, 0.1) is 0 Å². The van der Waals surface area contributed by atoms with Gasteiger partial charge in [-0.3, -0.25) is 13.7 Å². The normalized spacial score (nSPS) is 24.7. The fourth-order valence-corrected chi connectivity index (χ4v) is 10.7. The molecule has 6 rings (SSSR count). The van der Waals surface area contributed by atoms with Gasteiger partial charge in [0.25, 0.3) is 30.4 Å². The van der Waals surface area contributed by atoms with Gasteiger partial charge in [0.05, 0.1) is 46.3 Å². The van der Waals surface area contributed by atoms with Gasteiger partial charge < -0.3 is 15.1 Å². The summed E-state index contributed by atoms with van der Waals surface area (Å²) in [6.45, 7) is 2.89. The van der Waals surface area contributed by atoms with Crippen LogP contribution < -0.4 is 4.90 Å². The summed E-state index contributed by atoms with van der Waals surface area (Å²) in [4.78, 5) is 10.6. The third kappa shape index (κ3) is 8.32. The van der Waals surface area contributed by atoms with Crippen LogP contribution in [0.25, 0.3) is 0 Å². The predicted molar refractivity (Wildman–Crippen MR) is 198 cm³/mol. The van der Waals surface area contributed by atoms with Crippen molar-refractivity contribution in [3.8, 4) is 0 Å². The Balaban J connectivity index is 1.47. The molecule has 4 atom stereocenters. The second-order valence-corrected chi connectivity index (χ2v) is 19.6. The van der Waals surface area contributed by atoms with Crippen molar-refractivity contribution in [2.75, 3.05) is 29.6 Å². The highest BCUT2D eigenvalue weighted by molar-refractivity contribution is 7.94. The molecule has 0 spiro atoms. The van der Waals surface area contributed by atoms with Crippen LogP contribution >= 0.6 is 12.0 Å². The monoisotopic (exact) mass is 845 g/mol. The molecule has 0 aromatic carbocycles. The molecule has 0 amide bonds. The average Bonchev–Trinajstić information content (AvgIpc) is 3.49. The highest BCUT2D eigenvalue weighted by Crippen LogP contribution is 2.55. The molecule has 2 aromatic heterocycles. The largest absolute Gasteiger partial charge is 0.394 e. The maximum atomic E-state index is 12.1. The number of hydrogen-bond acceptors (Lipinski definition) is 15. The quantitative estimate of drug-likeness (QED) is 0.0524. The molecular weight excluding hydrogens is 805 g/mol. The van der Waals surface area contributed by atoms with E-state index in [1.54, 1.807) is 21.6 Å². The van der Waals surface area contributed by atoms with Crippen molar-refractivity contribution in [2.24, 2.45) is 0 Å². The second kappa shape index (κ2) is 15.3. The van der Waals surface area contributed by atoms with Crippen LogP contribution in [0.4, 0.5) is 11.6 Å². The van der Waals surface area contributed by atoms with Crippen molar-refractivity contribution in [3.05, 3.63) is 70.7 Å². The summed E-state index contributed by atoms with van der Waals surface area (Å²) in [7, 11) is -13.7. The molecule has 0 radical (unpaired) electrons. The molecule has 22 heteroatoms. The van der Waals surface area contributed by atoms with Crippen LogP contribution in [-0.4, -0.2) is 111 Å². The molecule has 0 saturated heterocycles. The van der Waals surface area contributed by atoms with Gasteiger partial charge in [-0.1, -0.05) is 23.3 Å². The molecule has 2 aliphatic carbocycles. The maximum absolute atomic E-state index is 12.1. The van der Waals surface area contributed by atoms with Gasteiger partial charge in [-0.05, 0) is 80.6 Å². The minimum atomic E-state index is -4.63. The third-order valence-corrected chi connectivity index (χ3v) is 13.6. The number of nitrogens with zero attached hydrogens (tertiary/aromatic N) is 4. The molecule has 2 aromatic rings. The summed E-state index contributed by atoms with van der Waals surface area (Å²) >= 11 is 0.704. The van der Waals surface area contributed by atoms with Crippen LogP contribution in [0.15, 0.2) is 69.4 Å². The Morgan fingerprint density at radius 3 is 2.31 bits per heavy atom. The van der Waals surface area contributed by atoms with E-state index < -0.39 is 76.3 Å². The summed E-state index contributed by atoms with van der Waals surface area (Å²) in [6.07, 6.45) is 9.95. The molecule has 4 unspecified atom stereocenters. The Kier molecular flexibility index (Phi) is 11.6. The Morgan fingerprint density at radius 2 is 1.65 bits per heavy atom. The van der Waals surface area contributed by atoms with Crippen LogP contribution in [0.2, 0.25) is 0 Å². The zero-order valence-corrected chi connectivity index (χ0v) is 32.9. The van der Waals surface area contributed by atoms with E-state index in [1.807, 2.05) is 26.0 Å². The molecular formula is C33H41N4O14S4+. The molecule has 55 heavy (non-hydrogen) atoms. The minimum Gasteiger partial charge on any atom is -0.394 e. The number of β-amino-alcohol motifs (C(OH)–C–C–N with tert-alkyl or cyclic N) is 1. The van der Waals surface area contributed by atoms with Gasteiger partial charge in [-0.25, -0.2) is 14.8 Å². The molecule has 2 aliphatic heterocycles. The number of aromatic nitrogens is 2. The first-order valence-electron chi connectivity index (χ1n) is 17.1. The first-order chi connectivity index (χ1) is 25.7. The number of rotatable bonds is 14. The van der Waals surface area contributed by atoms with Gasteiger partial charge in [0.2, 0.25) is 0 Å². The fraction of sp³-hybridized carbons (Fsp3) is 0.485. The van der Waals surface area contributed by atoms with Crippen molar-refractivity contribution in [1.82, 2.24) is 9.97 Å². The smallest absolute Gasteiger partial charge is 0.327 e. The lowest BCUT2D eigenvalue weighted by molar-refractivity contribution is -0.453. The third-order valence-electron chi connectivity index (χ3n) is 10.6. The number of fused-ring (bicyclic) bond motifs is 6. The summed E-state index contributed by atoms with van der Waals surface area (Å²) in [5.41, 5.74) is 2.40. The van der Waals surface area contributed by atoms with Crippen LogP contribution in [0.3, 0.4) is 0 Å². The molecule has 300 valence electrons. The SMILES string of the molecule is CC12CCCC(C=CC=C3CCCC4(C)C3=[N+](CC(O)CS(=O)(=O)O)c3ncc(S(=O)(=O)O)cc34)=C1N(C(CO)CS(=O)(=O)O)c1ncc(SOOO)cc12. The van der Waals surface area contributed by atoms with Gasteiger partial charge in [0.15, 0.2) is 6.20 Å². The predicted octanol–water partition coefficient (Wildman–Crippen LogP) is 2.89. The molecule has 4 aliphatic rings. The van der Waals surface area contributed by atoms with Crippen LogP contribution in [-0.2, 0) is 50.6 Å². The summed E-state index contributed by atoms with van der Waals surface area (Å²) in [6, 6.07) is 1.98. The molecule has 1 fully saturated rings. The second-order valence-electron chi connectivity index (χ2n) is 14.4. The molecule has 6 N–H and O–H groups in total. The summed E-state index contributed by atoms with van der Waals surface area (Å²) in [5.74, 6) is -1.10. The number of hydrogen-bond donors (Lipinski definition) is 6. The highest BCUT2D eigenvalue weighted by atomic mass is 32.2. The van der Waals surface area contributed by atoms with Crippen molar-refractivity contribution in [1.29, 1.82) is 0 Å².